The normalized spacial score (nSPS) is 20.1. The highest BCUT2D eigenvalue weighted by Crippen LogP contribution is 2.35. The van der Waals surface area contributed by atoms with Crippen LogP contribution in [0.4, 0.5) is 13.6 Å². The Hall–Kier alpha value is -1.40. The number of carbonyl (C=O) groups is 2. The van der Waals surface area contributed by atoms with E-state index in [-0.39, 0.29) is 32.6 Å². The van der Waals surface area contributed by atoms with E-state index in [0.29, 0.717) is 0 Å². The number of amides is 1. The van der Waals surface area contributed by atoms with Gasteiger partial charge in [0.05, 0.1) is 0 Å². The average Bonchev–Trinajstić information content (AvgIpc) is 2.35. The topological polar surface area (TPSA) is 66.8 Å². The third-order valence-electron chi connectivity index (χ3n) is 3.03. The zero-order valence-corrected chi connectivity index (χ0v) is 11.7. The molecule has 0 heterocycles. The van der Waals surface area contributed by atoms with Crippen molar-refractivity contribution >= 4 is 12.1 Å². The van der Waals surface area contributed by atoms with E-state index in [9.17, 15) is 18.4 Å². The van der Waals surface area contributed by atoms with Crippen LogP contribution in [0.5, 0.6) is 0 Å². The highest BCUT2D eigenvalue weighted by molar-refractivity contribution is 5.77. The molecule has 0 aromatic rings. The van der Waals surface area contributed by atoms with E-state index in [1.165, 1.54) is 13.8 Å². The lowest BCUT2D eigenvalue weighted by molar-refractivity contribution is -0.139. The molecule has 0 aromatic heterocycles. The van der Waals surface area contributed by atoms with Gasteiger partial charge in [0.25, 0.3) is 0 Å². The summed E-state index contributed by atoms with van der Waals surface area (Å²) in [7, 11) is 0. The van der Waals surface area contributed by atoms with Crippen LogP contribution in [0, 0.1) is 0 Å². The van der Waals surface area contributed by atoms with Crippen molar-refractivity contribution in [2.24, 2.45) is 0 Å². The standard InChI is InChI=1S/C13H21F2NO4/c1-12(2,3)20-11(19)16(8-10(17)18)9-4-6-13(14,15)7-5-9/h9H,4-8H2,1-3H3,(H,17,18)/i1D. The van der Waals surface area contributed by atoms with Gasteiger partial charge in [0, 0.05) is 20.3 Å². The molecule has 0 spiro atoms. The first-order valence-corrected chi connectivity index (χ1v) is 6.45. The Morgan fingerprint density at radius 3 is 2.45 bits per heavy atom. The average molecular weight is 294 g/mol. The van der Waals surface area contributed by atoms with Crippen molar-refractivity contribution in [3.05, 3.63) is 0 Å². The fourth-order valence-corrected chi connectivity index (χ4v) is 2.12. The van der Waals surface area contributed by atoms with Crippen LogP contribution in [0.3, 0.4) is 0 Å². The lowest BCUT2D eigenvalue weighted by Gasteiger charge is -2.36. The Kier molecular flexibility index (Phi) is 4.45. The molecule has 0 aromatic carbocycles. The fraction of sp³-hybridized carbons (Fsp3) is 0.846. The molecule has 0 atom stereocenters. The number of carboxylic acids is 1. The van der Waals surface area contributed by atoms with Crippen LogP contribution >= 0.6 is 0 Å². The van der Waals surface area contributed by atoms with Crippen molar-refractivity contribution in [3.8, 4) is 0 Å². The second-order valence-corrected chi connectivity index (χ2v) is 5.74. The molecule has 0 saturated heterocycles. The second-order valence-electron chi connectivity index (χ2n) is 5.74. The summed E-state index contributed by atoms with van der Waals surface area (Å²) < 4.78 is 38.7. The second kappa shape index (κ2) is 5.93. The van der Waals surface area contributed by atoms with E-state index >= 15 is 0 Å². The van der Waals surface area contributed by atoms with Crippen molar-refractivity contribution in [1.82, 2.24) is 4.90 Å². The van der Waals surface area contributed by atoms with Gasteiger partial charge in [-0.1, -0.05) is 0 Å². The molecule has 1 fully saturated rings. The van der Waals surface area contributed by atoms with Gasteiger partial charge in [0.2, 0.25) is 5.92 Å². The lowest BCUT2D eigenvalue weighted by Crippen LogP contribution is -2.48. The number of rotatable bonds is 3. The van der Waals surface area contributed by atoms with Crippen LogP contribution in [-0.2, 0) is 9.53 Å². The van der Waals surface area contributed by atoms with Crippen molar-refractivity contribution in [1.29, 1.82) is 0 Å². The number of carbonyl (C=O) groups excluding carboxylic acids is 1. The Balaban J connectivity index is 2.76. The number of hydrogen-bond acceptors (Lipinski definition) is 3. The molecule has 0 radical (unpaired) electrons. The van der Waals surface area contributed by atoms with Crippen LogP contribution in [0.25, 0.3) is 0 Å². The summed E-state index contributed by atoms with van der Waals surface area (Å²) in [6.45, 7) is 2.29. The van der Waals surface area contributed by atoms with Crippen LogP contribution in [0.1, 0.15) is 47.8 Å². The minimum atomic E-state index is -2.75. The van der Waals surface area contributed by atoms with Crippen LogP contribution in [-0.4, -0.2) is 46.2 Å². The Morgan fingerprint density at radius 1 is 1.45 bits per heavy atom. The third kappa shape index (κ3) is 5.30. The van der Waals surface area contributed by atoms with Gasteiger partial charge in [-0.3, -0.25) is 9.69 Å². The first kappa shape index (κ1) is 15.0. The highest BCUT2D eigenvalue weighted by Gasteiger charge is 2.39. The maximum Gasteiger partial charge on any atom is 0.411 e. The number of nitrogens with zero attached hydrogens (tertiary/aromatic N) is 1. The molecule has 5 nitrogen and oxygen atoms in total. The Bertz CT molecular complexity index is 394. The molecule has 20 heavy (non-hydrogen) atoms. The molecule has 1 N–H and O–H groups in total. The molecule has 1 aliphatic carbocycles. The molecule has 0 bridgehead atoms. The molecular formula is C13H21F2NO4. The molecule has 0 aliphatic heterocycles. The zero-order chi connectivity index (χ0) is 16.3. The summed E-state index contributed by atoms with van der Waals surface area (Å²) in [6, 6.07) is -0.574. The molecule has 116 valence electrons. The molecule has 7 heteroatoms. The highest BCUT2D eigenvalue weighted by atomic mass is 19.3. The number of halogens is 2. The summed E-state index contributed by atoms with van der Waals surface area (Å²) in [5.41, 5.74) is -1.05. The van der Waals surface area contributed by atoms with Crippen molar-refractivity contribution in [2.45, 2.75) is 64.0 Å². The number of carboxylic acid groups (broad SMARTS) is 1. The first-order chi connectivity index (χ1) is 9.56. The monoisotopic (exact) mass is 294 g/mol. The summed E-state index contributed by atoms with van der Waals surface area (Å²) in [5.74, 6) is -3.98. The van der Waals surface area contributed by atoms with Crippen LogP contribution in [0.2, 0.25) is 0 Å². The Labute approximate surface area is 118 Å². The summed E-state index contributed by atoms with van der Waals surface area (Å²) in [6.07, 6.45) is -1.54. The maximum absolute atomic E-state index is 13.2. The van der Waals surface area contributed by atoms with Gasteiger partial charge < -0.3 is 9.84 Å². The van der Waals surface area contributed by atoms with Gasteiger partial charge in [-0.25, -0.2) is 13.6 Å². The predicted octanol–water partition coefficient (Wildman–Crippen LogP) is 2.89. The minimum absolute atomic E-state index is 0.0384. The number of ether oxygens (including phenoxy) is 1. The quantitative estimate of drug-likeness (QED) is 0.869. The molecule has 1 aliphatic rings. The third-order valence-corrected chi connectivity index (χ3v) is 3.03. The molecule has 1 amide bonds. The van der Waals surface area contributed by atoms with E-state index in [4.69, 9.17) is 11.2 Å². The van der Waals surface area contributed by atoms with Crippen LogP contribution < -0.4 is 0 Å². The van der Waals surface area contributed by atoms with Crippen molar-refractivity contribution in [3.63, 3.8) is 0 Å². The van der Waals surface area contributed by atoms with E-state index < -0.39 is 36.2 Å². The molecular weight excluding hydrogens is 272 g/mol. The van der Waals surface area contributed by atoms with Gasteiger partial charge in [-0.2, -0.15) is 0 Å². The van der Waals surface area contributed by atoms with Gasteiger partial charge in [-0.05, 0) is 33.6 Å². The fourth-order valence-electron chi connectivity index (χ4n) is 2.12. The van der Waals surface area contributed by atoms with Gasteiger partial charge >= 0.3 is 12.1 Å². The van der Waals surface area contributed by atoms with Crippen molar-refractivity contribution < 1.29 is 29.6 Å². The maximum atomic E-state index is 13.2. The number of aliphatic carboxylic acids is 1. The molecule has 0 unspecified atom stereocenters. The van der Waals surface area contributed by atoms with Gasteiger partial charge in [-0.15, -0.1) is 0 Å². The van der Waals surface area contributed by atoms with E-state index in [1.807, 2.05) is 0 Å². The predicted molar refractivity (Wildman–Crippen MR) is 67.8 cm³/mol. The van der Waals surface area contributed by atoms with Gasteiger partial charge in [0.15, 0.2) is 0 Å². The summed E-state index contributed by atoms with van der Waals surface area (Å²) in [5, 5.41) is 8.89. The minimum Gasteiger partial charge on any atom is -0.480 e. The summed E-state index contributed by atoms with van der Waals surface area (Å²) in [4.78, 5) is 23.9. The zero-order valence-electron chi connectivity index (χ0n) is 12.7. The number of alkyl halides is 2. The number of hydrogen-bond donors (Lipinski definition) is 1. The van der Waals surface area contributed by atoms with Crippen molar-refractivity contribution in [2.75, 3.05) is 6.54 Å². The SMILES string of the molecule is [2H]CC(C)(C)OC(=O)N(CC(=O)O)C1CCC(F)(F)CC1. The van der Waals surface area contributed by atoms with Crippen LogP contribution in [0.15, 0.2) is 0 Å². The molecule has 1 saturated carbocycles. The van der Waals surface area contributed by atoms with Gasteiger partial charge in [0.1, 0.15) is 12.1 Å². The molecule has 1 rings (SSSR count). The largest absolute Gasteiger partial charge is 0.480 e. The van der Waals surface area contributed by atoms with E-state index in [0.717, 1.165) is 4.90 Å². The first-order valence-electron chi connectivity index (χ1n) is 7.15. The smallest absolute Gasteiger partial charge is 0.411 e. The van der Waals surface area contributed by atoms with E-state index in [1.54, 1.807) is 0 Å². The summed E-state index contributed by atoms with van der Waals surface area (Å²) >= 11 is 0. The lowest BCUT2D eigenvalue weighted by atomic mass is 9.91. The Morgan fingerprint density at radius 2 is 2.00 bits per heavy atom. The van der Waals surface area contributed by atoms with E-state index in [2.05, 4.69) is 0 Å².